The number of carbonyl (C=O) groups is 4. The summed E-state index contributed by atoms with van der Waals surface area (Å²) in [4.78, 5) is 62.0. The van der Waals surface area contributed by atoms with E-state index in [0.29, 0.717) is 10.6 Å². The highest BCUT2D eigenvalue weighted by Gasteiger charge is 2.40. The summed E-state index contributed by atoms with van der Waals surface area (Å²) in [6, 6.07) is 30.0. The number of benzene rings is 4. The minimum atomic E-state index is -1.27. The van der Waals surface area contributed by atoms with Crippen molar-refractivity contribution >= 4 is 34.8 Å². The largest absolute Gasteiger partial charge is 0.449 e. The number of amides is 3. The zero-order valence-corrected chi connectivity index (χ0v) is 23.3. The molecule has 9 nitrogen and oxygen atoms in total. The Balaban J connectivity index is 1.11. The molecule has 1 aliphatic heterocycles. The molecule has 1 N–H and O–H groups in total. The van der Waals surface area contributed by atoms with Crippen molar-refractivity contribution in [2.45, 2.75) is 18.4 Å². The summed E-state index contributed by atoms with van der Waals surface area (Å²) < 4.78 is 5.68. The number of aromatic nitrogens is 1. The van der Waals surface area contributed by atoms with Crippen LogP contribution in [-0.4, -0.2) is 46.6 Å². The standard InChI is InChI=1S/C35H25N3O6/c39-32-27-13-5-6-14-28(27)33(40)38(32)44-34(41)31(19-21-15-16-30-22(18-21)8-7-17-36-30)37-35(42)43-20-29-25-11-3-1-9-23(25)24-10-2-4-12-26(24)29/h1-18,29,31H,19-20H2,(H,37,42)/t31-/m1/s1. The predicted molar refractivity (Wildman–Crippen MR) is 160 cm³/mol. The van der Waals surface area contributed by atoms with Gasteiger partial charge in [-0.1, -0.05) is 77.9 Å². The Morgan fingerprint density at radius 3 is 2.05 bits per heavy atom. The van der Waals surface area contributed by atoms with Gasteiger partial charge in [0.15, 0.2) is 0 Å². The fourth-order valence-electron chi connectivity index (χ4n) is 5.87. The first-order valence-corrected chi connectivity index (χ1v) is 14.1. The molecule has 0 saturated heterocycles. The molecule has 0 bridgehead atoms. The molecule has 0 fully saturated rings. The second-order valence-electron chi connectivity index (χ2n) is 10.6. The predicted octanol–water partition coefficient (Wildman–Crippen LogP) is 5.44. The molecule has 44 heavy (non-hydrogen) atoms. The Hall–Kier alpha value is -5.83. The van der Waals surface area contributed by atoms with Crippen molar-refractivity contribution in [3.63, 3.8) is 0 Å². The molecule has 0 unspecified atom stereocenters. The second-order valence-corrected chi connectivity index (χ2v) is 10.6. The molecular formula is C35H25N3O6. The van der Waals surface area contributed by atoms with E-state index in [9.17, 15) is 19.2 Å². The van der Waals surface area contributed by atoms with Crippen molar-refractivity contribution in [3.05, 3.63) is 137 Å². The number of rotatable bonds is 7. The smallest absolute Gasteiger partial charge is 0.407 e. The summed E-state index contributed by atoms with van der Waals surface area (Å²) in [6.07, 6.45) is 0.860. The van der Waals surface area contributed by atoms with Crippen molar-refractivity contribution in [3.8, 4) is 11.1 Å². The third kappa shape index (κ3) is 4.84. The maximum absolute atomic E-state index is 13.5. The van der Waals surface area contributed by atoms with E-state index in [0.717, 1.165) is 33.2 Å². The third-order valence-corrected chi connectivity index (χ3v) is 7.97. The van der Waals surface area contributed by atoms with Crippen molar-refractivity contribution in [1.82, 2.24) is 15.4 Å². The van der Waals surface area contributed by atoms with Gasteiger partial charge in [-0.05, 0) is 58.1 Å². The quantitative estimate of drug-likeness (QED) is 0.254. The molecule has 1 aliphatic carbocycles. The Morgan fingerprint density at radius 1 is 0.773 bits per heavy atom. The first-order chi connectivity index (χ1) is 21.5. The van der Waals surface area contributed by atoms with E-state index < -0.39 is 29.9 Å². The van der Waals surface area contributed by atoms with Crippen LogP contribution in [0.4, 0.5) is 4.79 Å². The van der Waals surface area contributed by atoms with Crippen molar-refractivity contribution in [1.29, 1.82) is 0 Å². The number of hydrogen-bond acceptors (Lipinski definition) is 7. The van der Waals surface area contributed by atoms with Crippen LogP contribution in [0.25, 0.3) is 22.0 Å². The molecule has 7 rings (SSSR count). The molecular weight excluding hydrogens is 558 g/mol. The van der Waals surface area contributed by atoms with Crippen LogP contribution in [-0.2, 0) is 20.8 Å². The topological polar surface area (TPSA) is 115 Å². The lowest BCUT2D eigenvalue weighted by Crippen LogP contribution is -2.47. The maximum Gasteiger partial charge on any atom is 0.407 e. The molecule has 2 heterocycles. The summed E-state index contributed by atoms with van der Waals surface area (Å²) in [5.41, 5.74) is 6.01. The molecule has 0 spiro atoms. The first-order valence-electron chi connectivity index (χ1n) is 14.1. The Morgan fingerprint density at radius 2 is 1.39 bits per heavy atom. The molecule has 9 heteroatoms. The molecule has 216 valence electrons. The van der Waals surface area contributed by atoms with Gasteiger partial charge in [-0.2, -0.15) is 0 Å². The van der Waals surface area contributed by atoms with Crippen molar-refractivity contribution < 1.29 is 28.8 Å². The zero-order chi connectivity index (χ0) is 30.2. The van der Waals surface area contributed by atoms with E-state index in [2.05, 4.69) is 10.3 Å². The number of pyridine rings is 1. The molecule has 1 aromatic heterocycles. The van der Waals surface area contributed by atoms with Gasteiger partial charge in [0.2, 0.25) is 0 Å². The minimum absolute atomic E-state index is 0.0109. The van der Waals surface area contributed by atoms with Gasteiger partial charge >= 0.3 is 12.1 Å². The van der Waals surface area contributed by atoms with E-state index in [1.54, 1.807) is 30.5 Å². The molecule has 2 aliphatic rings. The summed E-state index contributed by atoms with van der Waals surface area (Å²) in [5.74, 6) is -2.67. The van der Waals surface area contributed by atoms with E-state index in [-0.39, 0.29) is 30.1 Å². The van der Waals surface area contributed by atoms with Crippen LogP contribution >= 0.6 is 0 Å². The zero-order valence-electron chi connectivity index (χ0n) is 23.3. The van der Waals surface area contributed by atoms with Crippen LogP contribution in [0.1, 0.15) is 43.3 Å². The highest BCUT2D eigenvalue weighted by atomic mass is 16.7. The van der Waals surface area contributed by atoms with Gasteiger partial charge in [0, 0.05) is 23.9 Å². The normalized spacial score (nSPS) is 14.1. The van der Waals surface area contributed by atoms with Crippen molar-refractivity contribution in [2.75, 3.05) is 6.61 Å². The van der Waals surface area contributed by atoms with Gasteiger partial charge in [0.05, 0.1) is 16.6 Å². The highest BCUT2D eigenvalue weighted by molar-refractivity contribution is 6.21. The number of ether oxygens (including phenoxy) is 1. The maximum atomic E-state index is 13.5. The number of imide groups is 1. The molecule has 1 atom stereocenters. The van der Waals surface area contributed by atoms with Crippen molar-refractivity contribution in [2.24, 2.45) is 0 Å². The van der Waals surface area contributed by atoms with Crippen LogP contribution in [0.15, 0.2) is 109 Å². The number of nitrogens with one attached hydrogen (secondary N) is 1. The summed E-state index contributed by atoms with van der Waals surface area (Å²) in [7, 11) is 0. The molecule has 0 radical (unpaired) electrons. The average molecular weight is 584 g/mol. The third-order valence-electron chi connectivity index (χ3n) is 7.97. The fourth-order valence-corrected chi connectivity index (χ4v) is 5.87. The fraction of sp³-hybridized carbons (Fsp3) is 0.114. The van der Waals surface area contributed by atoms with Crippen LogP contribution in [0, 0.1) is 0 Å². The molecule has 0 saturated carbocycles. The number of nitrogens with zero attached hydrogens (tertiary/aromatic N) is 2. The van der Waals surface area contributed by atoms with Crippen LogP contribution < -0.4 is 5.32 Å². The average Bonchev–Trinajstić information content (AvgIpc) is 3.50. The lowest BCUT2D eigenvalue weighted by molar-refractivity contribution is -0.171. The van der Waals surface area contributed by atoms with Gasteiger partial charge in [-0.25, -0.2) is 9.59 Å². The Labute approximate surface area is 252 Å². The van der Waals surface area contributed by atoms with Crippen LogP contribution in [0.5, 0.6) is 0 Å². The minimum Gasteiger partial charge on any atom is -0.449 e. The lowest BCUT2D eigenvalue weighted by Gasteiger charge is -2.21. The van der Waals surface area contributed by atoms with E-state index in [1.807, 2.05) is 66.7 Å². The van der Waals surface area contributed by atoms with Crippen LogP contribution in [0.3, 0.4) is 0 Å². The van der Waals surface area contributed by atoms with Gasteiger partial charge in [0.25, 0.3) is 11.8 Å². The Bertz CT molecular complexity index is 1890. The number of hydrogen-bond donors (Lipinski definition) is 1. The summed E-state index contributed by atoms with van der Waals surface area (Å²) in [5, 5.41) is 3.89. The summed E-state index contributed by atoms with van der Waals surface area (Å²) in [6.45, 7) is 0.0433. The van der Waals surface area contributed by atoms with E-state index in [4.69, 9.17) is 9.57 Å². The molecule has 3 amide bonds. The van der Waals surface area contributed by atoms with Gasteiger partial charge in [-0.15, -0.1) is 0 Å². The number of carbonyl (C=O) groups excluding carboxylic acids is 4. The highest BCUT2D eigenvalue weighted by Crippen LogP contribution is 2.44. The van der Waals surface area contributed by atoms with Gasteiger partial charge in [-0.3, -0.25) is 14.6 Å². The lowest BCUT2D eigenvalue weighted by atomic mass is 9.98. The van der Waals surface area contributed by atoms with E-state index in [1.165, 1.54) is 12.1 Å². The Kier molecular flexibility index (Phi) is 6.82. The monoisotopic (exact) mass is 583 g/mol. The summed E-state index contributed by atoms with van der Waals surface area (Å²) >= 11 is 0. The van der Waals surface area contributed by atoms with Gasteiger partial charge < -0.3 is 14.9 Å². The number of alkyl carbamates (subject to hydrolysis) is 1. The number of fused-ring (bicyclic) bond motifs is 5. The first kappa shape index (κ1) is 27.0. The molecule has 4 aromatic carbocycles. The van der Waals surface area contributed by atoms with Crippen LogP contribution in [0.2, 0.25) is 0 Å². The van der Waals surface area contributed by atoms with E-state index >= 15 is 0 Å². The molecule has 5 aromatic rings. The SMILES string of the molecule is O=C(N[C@H](Cc1ccc2ncccc2c1)C(=O)ON1C(=O)c2ccccc2C1=O)OCC1c2ccccc2-c2ccccc21. The van der Waals surface area contributed by atoms with Gasteiger partial charge in [0.1, 0.15) is 12.6 Å². The second kappa shape index (κ2) is 11.1. The number of hydroxylamine groups is 2.